The van der Waals surface area contributed by atoms with Crippen molar-refractivity contribution in [3.8, 4) is 11.8 Å². The number of aliphatic hydroxyl groups excluding tert-OH is 1. The standard InChI is InChI=1S/C14H14N4O2/c1-18-8-6-12(17-18)10-16-14(20)13-11(5-3-9-19)4-2-7-15-13/h2,4,6-8,19H,9-10H2,1H3,(H,16,20). The van der Waals surface area contributed by atoms with Gasteiger partial charge in [-0.15, -0.1) is 0 Å². The first-order valence-electron chi connectivity index (χ1n) is 6.02. The highest BCUT2D eigenvalue weighted by molar-refractivity contribution is 5.94. The Bertz CT molecular complexity index is 667. The lowest BCUT2D eigenvalue weighted by atomic mass is 10.2. The first kappa shape index (κ1) is 13.8. The van der Waals surface area contributed by atoms with E-state index in [4.69, 9.17) is 5.11 Å². The lowest BCUT2D eigenvalue weighted by molar-refractivity contribution is 0.0945. The van der Waals surface area contributed by atoms with Crippen molar-refractivity contribution in [2.24, 2.45) is 7.05 Å². The number of carbonyl (C=O) groups is 1. The van der Waals surface area contributed by atoms with Crippen molar-refractivity contribution < 1.29 is 9.90 Å². The van der Waals surface area contributed by atoms with Crippen molar-refractivity contribution in [1.29, 1.82) is 0 Å². The Labute approximate surface area is 116 Å². The fraction of sp³-hybridized carbons (Fsp3) is 0.214. The highest BCUT2D eigenvalue weighted by Gasteiger charge is 2.11. The van der Waals surface area contributed by atoms with Gasteiger partial charge in [0.25, 0.3) is 5.91 Å². The number of aromatic nitrogens is 3. The summed E-state index contributed by atoms with van der Waals surface area (Å²) in [6, 6.07) is 5.20. The number of pyridine rings is 1. The molecule has 2 rings (SSSR count). The van der Waals surface area contributed by atoms with E-state index in [1.807, 2.05) is 13.1 Å². The largest absolute Gasteiger partial charge is 0.384 e. The summed E-state index contributed by atoms with van der Waals surface area (Å²) < 4.78 is 1.67. The van der Waals surface area contributed by atoms with Crippen LogP contribution in [-0.4, -0.2) is 32.4 Å². The summed E-state index contributed by atoms with van der Waals surface area (Å²) in [6.45, 7) is 0.0625. The minimum absolute atomic E-state index is 0.240. The zero-order valence-corrected chi connectivity index (χ0v) is 11.0. The molecule has 2 heterocycles. The van der Waals surface area contributed by atoms with Gasteiger partial charge >= 0.3 is 0 Å². The number of carbonyl (C=O) groups excluding carboxylic acids is 1. The van der Waals surface area contributed by atoms with Gasteiger partial charge in [0.05, 0.1) is 17.8 Å². The van der Waals surface area contributed by atoms with Crippen LogP contribution < -0.4 is 5.32 Å². The SMILES string of the molecule is Cn1ccc(CNC(=O)c2ncccc2C#CCO)n1. The van der Waals surface area contributed by atoms with Crippen molar-refractivity contribution in [1.82, 2.24) is 20.1 Å². The summed E-state index contributed by atoms with van der Waals surface area (Å²) in [6.07, 6.45) is 3.33. The molecule has 0 aliphatic rings. The maximum atomic E-state index is 12.1. The van der Waals surface area contributed by atoms with Gasteiger partial charge in [-0.1, -0.05) is 11.8 Å². The van der Waals surface area contributed by atoms with Crippen LogP contribution in [0.25, 0.3) is 0 Å². The van der Waals surface area contributed by atoms with Crippen LogP contribution >= 0.6 is 0 Å². The van der Waals surface area contributed by atoms with Crippen LogP contribution in [0.5, 0.6) is 0 Å². The van der Waals surface area contributed by atoms with E-state index < -0.39 is 0 Å². The molecule has 102 valence electrons. The number of hydrogen-bond donors (Lipinski definition) is 2. The van der Waals surface area contributed by atoms with Crippen LogP contribution in [0.1, 0.15) is 21.7 Å². The van der Waals surface area contributed by atoms with Gasteiger partial charge in [0.15, 0.2) is 0 Å². The Balaban J connectivity index is 2.09. The molecule has 0 aliphatic carbocycles. The van der Waals surface area contributed by atoms with E-state index in [1.165, 1.54) is 6.20 Å². The fourth-order valence-corrected chi connectivity index (χ4v) is 1.63. The maximum absolute atomic E-state index is 12.1. The Morgan fingerprint density at radius 3 is 3.05 bits per heavy atom. The average Bonchev–Trinajstić information content (AvgIpc) is 2.88. The summed E-state index contributed by atoms with van der Waals surface area (Å²) >= 11 is 0. The van der Waals surface area contributed by atoms with Crippen LogP contribution in [0.2, 0.25) is 0 Å². The minimum Gasteiger partial charge on any atom is -0.384 e. The fourth-order valence-electron chi connectivity index (χ4n) is 1.63. The van der Waals surface area contributed by atoms with Gasteiger partial charge in [-0.05, 0) is 18.2 Å². The minimum atomic E-state index is -0.321. The Morgan fingerprint density at radius 2 is 2.35 bits per heavy atom. The van der Waals surface area contributed by atoms with Gasteiger partial charge in [0, 0.05) is 19.4 Å². The Hall–Kier alpha value is -2.65. The molecular weight excluding hydrogens is 256 g/mol. The molecule has 0 spiro atoms. The summed E-state index contributed by atoms with van der Waals surface area (Å²) in [5.41, 5.74) is 1.49. The third-order valence-corrected chi connectivity index (χ3v) is 2.52. The molecule has 1 amide bonds. The molecule has 6 heteroatoms. The molecule has 0 saturated carbocycles. The summed E-state index contributed by atoms with van der Waals surface area (Å²) in [5.74, 6) is 4.89. The van der Waals surface area contributed by atoms with E-state index >= 15 is 0 Å². The van der Waals surface area contributed by atoms with Crippen LogP contribution in [0, 0.1) is 11.8 Å². The number of aliphatic hydroxyl groups is 1. The predicted molar refractivity (Wildman–Crippen MR) is 72.6 cm³/mol. The molecule has 2 aromatic rings. The summed E-state index contributed by atoms with van der Waals surface area (Å²) in [4.78, 5) is 16.1. The molecule has 0 aliphatic heterocycles. The molecule has 6 nitrogen and oxygen atoms in total. The van der Waals surface area contributed by atoms with Crippen LogP contribution in [0.3, 0.4) is 0 Å². The molecule has 0 radical (unpaired) electrons. The van der Waals surface area contributed by atoms with Crippen molar-refractivity contribution in [2.45, 2.75) is 6.54 Å². The molecule has 2 N–H and O–H groups in total. The van der Waals surface area contributed by atoms with Gasteiger partial charge in [0.2, 0.25) is 0 Å². The molecule has 0 unspecified atom stereocenters. The number of nitrogens with one attached hydrogen (secondary N) is 1. The van der Waals surface area contributed by atoms with Gasteiger partial charge in [-0.25, -0.2) is 4.98 Å². The molecular formula is C14H14N4O2. The second-order valence-corrected chi connectivity index (χ2v) is 4.02. The smallest absolute Gasteiger partial charge is 0.271 e. The monoisotopic (exact) mass is 270 g/mol. The lowest BCUT2D eigenvalue weighted by Gasteiger charge is -2.04. The molecule has 20 heavy (non-hydrogen) atoms. The van der Waals surface area contributed by atoms with Gasteiger partial charge in [-0.3, -0.25) is 9.48 Å². The highest BCUT2D eigenvalue weighted by Crippen LogP contribution is 2.04. The van der Waals surface area contributed by atoms with Crippen molar-refractivity contribution in [3.05, 3.63) is 47.5 Å². The summed E-state index contributed by atoms with van der Waals surface area (Å²) in [5, 5.41) is 15.6. The highest BCUT2D eigenvalue weighted by atomic mass is 16.2. The normalized spacial score (nSPS) is 9.70. The van der Waals surface area contributed by atoms with Gasteiger partial charge in [-0.2, -0.15) is 5.10 Å². The molecule has 0 aromatic carbocycles. The number of aryl methyl sites for hydroxylation is 1. The van der Waals surface area contributed by atoms with E-state index in [2.05, 4.69) is 27.2 Å². The van der Waals surface area contributed by atoms with Crippen molar-refractivity contribution >= 4 is 5.91 Å². The molecule has 2 aromatic heterocycles. The number of hydrogen-bond acceptors (Lipinski definition) is 4. The summed E-state index contributed by atoms with van der Waals surface area (Å²) in [7, 11) is 1.81. The quantitative estimate of drug-likeness (QED) is 0.775. The third kappa shape index (κ3) is 3.43. The lowest BCUT2D eigenvalue weighted by Crippen LogP contribution is -2.25. The zero-order valence-electron chi connectivity index (χ0n) is 11.0. The zero-order chi connectivity index (χ0) is 14.4. The number of amides is 1. The van der Waals surface area contributed by atoms with Crippen LogP contribution in [-0.2, 0) is 13.6 Å². The number of nitrogens with zero attached hydrogens (tertiary/aromatic N) is 3. The van der Waals surface area contributed by atoms with E-state index in [0.717, 1.165) is 5.69 Å². The first-order valence-corrected chi connectivity index (χ1v) is 6.02. The molecule has 0 saturated heterocycles. The third-order valence-electron chi connectivity index (χ3n) is 2.52. The van der Waals surface area contributed by atoms with E-state index in [1.54, 1.807) is 23.0 Å². The Kier molecular flexibility index (Phi) is 4.47. The van der Waals surface area contributed by atoms with Crippen molar-refractivity contribution in [3.63, 3.8) is 0 Å². The van der Waals surface area contributed by atoms with Crippen LogP contribution in [0.15, 0.2) is 30.6 Å². The topological polar surface area (TPSA) is 80.0 Å². The van der Waals surface area contributed by atoms with Crippen LogP contribution in [0.4, 0.5) is 0 Å². The van der Waals surface area contributed by atoms with E-state index in [-0.39, 0.29) is 18.2 Å². The van der Waals surface area contributed by atoms with Crippen molar-refractivity contribution in [2.75, 3.05) is 6.61 Å². The first-order chi connectivity index (χ1) is 9.70. The predicted octanol–water partition coefficient (Wildman–Crippen LogP) is 0.0889. The molecule has 0 fully saturated rings. The second kappa shape index (κ2) is 6.50. The second-order valence-electron chi connectivity index (χ2n) is 4.02. The number of rotatable bonds is 3. The van der Waals surface area contributed by atoms with Gasteiger partial charge < -0.3 is 10.4 Å². The molecule has 0 bridgehead atoms. The maximum Gasteiger partial charge on any atom is 0.271 e. The molecule has 0 atom stereocenters. The Morgan fingerprint density at radius 1 is 1.50 bits per heavy atom. The van der Waals surface area contributed by atoms with E-state index in [0.29, 0.717) is 12.1 Å². The van der Waals surface area contributed by atoms with E-state index in [9.17, 15) is 4.79 Å². The average molecular weight is 270 g/mol. The van der Waals surface area contributed by atoms with Gasteiger partial charge in [0.1, 0.15) is 12.3 Å².